The van der Waals surface area contributed by atoms with Crippen LogP contribution in [0.1, 0.15) is 18.1 Å². The predicted octanol–water partition coefficient (Wildman–Crippen LogP) is 4.37. The second-order valence-corrected chi connectivity index (χ2v) is 8.73. The Labute approximate surface area is 208 Å². The number of rotatable bonds is 9. The second kappa shape index (κ2) is 11.1. The standard InChI is InChI=1S/C27H27N3O4S/c1-4-19-9-5-8-12-22(19)30-26(32)20-10-6-7-11-21(20)29-27(30)35-17-25(31)28-16-18-13-14-23(33-2)24(15-18)34-3/h5-15H,4,16-17H2,1-3H3,(H,28,31). The minimum Gasteiger partial charge on any atom is -0.493 e. The largest absolute Gasteiger partial charge is 0.493 e. The number of benzene rings is 3. The van der Waals surface area contributed by atoms with E-state index in [0.29, 0.717) is 34.1 Å². The lowest BCUT2D eigenvalue weighted by Gasteiger charge is -2.16. The second-order valence-electron chi connectivity index (χ2n) is 7.79. The number of carbonyl (C=O) groups excluding carboxylic acids is 1. The third-order valence-corrected chi connectivity index (χ3v) is 6.57. The van der Waals surface area contributed by atoms with Gasteiger partial charge in [0.05, 0.1) is 36.6 Å². The molecule has 3 aromatic carbocycles. The molecule has 0 saturated carbocycles. The van der Waals surface area contributed by atoms with Gasteiger partial charge in [-0.05, 0) is 47.9 Å². The van der Waals surface area contributed by atoms with E-state index in [2.05, 4.69) is 5.32 Å². The van der Waals surface area contributed by atoms with Crippen LogP contribution < -0.4 is 20.3 Å². The smallest absolute Gasteiger partial charge is 0.266 e. The van der Waals surface area contributed by atoms with Gasteiger partial charge in [0.15, 0.2) is 16.7 Å². The molecule has 7 nitrogen and oxygen atoms in total. The van der Waals surface area contributed by atoms with E-state index in [4.69, 9.17) is 14.5 Å². The van der Waals surface area contributed by atoms with Crippen molar-refractivity contribution in [1.82, 2.24) is 14.9 Å². The molecule has 0 aliphatic carbocycles. The summed E-state index contributed by atoms with van der Waals surface area (Å²) >= 11 is 1.24. The molecule has 1 heterocycles. The van der Waals surface area contributed by atoms with E-state index in [1.807, 2.05) is 61.5 Å². The van der Waals surface area contributed by atoms with E-state index >= 15 is 0 Å². The molecule has 0 bridgehead atoms. The van der Waals surface area contributed by atoms with Crippen LogP contribution in [0.4, 0.5) is 0 Å². The van der Waals surface area contributed by atoms with E-state index in [-0.39, 0.29) is 17.2 Å². The number of nitrogens with zero attached hydrogens (tertiary/aromatic N) is 2. The highest BCUT2D eigenvalue weighted by Crippen LogP contribution is 2.27. The number of para-hydroxylation sites is 2. The summed E-state index contributed by atoms with van der Waals surface area (Å²) in [6.07, 6.45) is 0.769. The summed E-state index contributed by atoms with van der Waals surface area (Å²) in [4.78, 5) is 30.9. The molecule has 0 spiro atoms. The monoisotopic (exact) mass is 489 g/mol. The number of thioether (sulfide) groups is 1. The normalized spacial score (nSPS) is 10.8. The number of carbonyl (C=O) groups is 1. The number of methoxy groups -OCH3 is 2. The summed E-state index contributed by atoms with van der Waals surface area (Å²) in [5.41, 5.74) is 3.16. The highest BCUT2D eigenvalue weighted by atomic mass is 32.2. The molecule has 0 fully saturated rings. The lowest BCUT2D eigenvalue weighted by Crippen LogP contribution is -2.26. The fraction of sp³-hybridized carbons (Fsp3) is 0.222. The van der Waals surface area contributed by atoms with Gasteiger partial charge in [-0.2, -0.15) is 0 Å². The van der Waals surface area contributed by atoms with Gasteiger partial charge in [0.25, 0.3) is 5.56 Å². The summed E-state index contributed by atoms with van der Waals surface area (Å²) in [5.74, 6) is 1.19. The lowest BCUT2D eigenvalue weighted by molar-refractivity contribution is -0.118. The fourth-order valence-electron chi connectivity index (χ4n) is 3.82. The molecule has 0 saturated heterocycles. The van der Waals surface area contributed by atoms with Crippen LogP contribution in [-0.4, -0.2) is 35.4 Å². The van der Waals surface area contributed by atoms with Crippen molar-refractivity contribution in [2.45, 2.75) is 25.0 Å². The van der Waals surface area contributed by atoms with Gasteiger partial charge in [-0.3, -0.25) is 14.2 Å². The number of ether oxygens (including phenoxy) is 2. The topological polar surface area (TPSA) is 82.5 Å². The van der Waals surface area contributed by atoms with Gasteiger partial charge in [0, 0.05) is 6.54 Å². The Morgan fingerprint density at radius 2 is 1.74 bits per heavy atom. The van der Waals surface area contributed by atoms with Gasteiger partial charge >= 0.3 is 0 Å². The molecule has 8 heteroatoms. The number of aryl methyl sites for hydroxylation is 1. The van der Waals surface area contributed by atoms with E-state index in [9.17, 15) is 9.59 Å². The van der Waals surface area contributed by atoms with Crippen LogP contribution >= 0.6 is 11.8 Å². The molecular weight excluding hydrogens is 462 g/mol. The predicted molar refractivity (Wildman–Crippen MR) is 139 cm³/mol. The Bertz CT molecular complexity index is 1420. The molecule has 1 amide bonds. The maximum Gasteiger partial charge on any atom is 0.266 e. The van der Waals surface area contributed by atoms with Gasteiger partial charge in [0.1, 0.15) is 0 Å². The van der Waals surface area contributed by atoms with Crippen LogP contribution in [0.3, 0.4) is 0 Å². The molecular formula is C27H27N3O4S. The van der Waals surface area contributed by atoms with Crippen LogP contribution in [0, 0.1) is 0 Å². The molecule has 0 unspecified atom stereocenters. The minimum absolute atomic E-state index is 0.117. The Hall–Kier alpha value is -3.78. The van der Waals surface area contributed by atoms with Crippen molar-refractivity contribution in [2.75, 3.05) is 20.0 Å². The molecule has 1 N–H and O–H groups in total. The Morgan fingerprint density at radius 1 is 1.00 bits per heavy atom. The summed E-state index contributed by atoms with van der Waals surface area (Å²) in [6.45, 7) is 2.39. The minimum atomic E-state index is -0.164. The molecule has 0 aliphatic heterocycles. The van der Waals surface area contributed by atoms with Crippen molar-refractivity contribution >= 4 is 28.6 Å². The maximum atomic E-state index is 13.5. The van der Waals surface area contributed by atoms with Crippen LogP contribution in [0.15, 0.2) is 76.7 Å². The highest BCUT2D eigenvalue weighted by Gasteiger charge is 2.16. The number of hydrogen-bond donors (Lipinski definition) is 1. The van der Waals surface area contributed by atoms with Crippen molar-refractivity contribution in [3.63, 3.8) is 0 Å². The molecule has 0 aliphatic rings. The number of amides is 1. The maximum absolute atomic E-state index is 13.5. The first-order chi connectivity index (χ1) is 17.0. The number of fused-ring (bicyclic) bond motifs is 1. The van der Waals surface area contributed by atoms with Crippen molar-refractivity contribution in [3.05, 3.63) is 88.2 Å². The van der Waals surface area contributed by atoms with E-state index in [1.54, 1.807) is 30.9 Å². The average molecular weight is 490 g/mol. The third kappa shape index (κ3) is 5.33. The molecule has 180 valence electrons. The zero-order valence-electron chi connectivity index (χ0n) is 19.9. The summed E-state index contributed by atoms with van der Waals surface area (Å²) in [6, 6.07) is 20.6. The Morgan fingerprint density at radius 3 is 2.51 bits per heavy atom. The van der Waals surface area contributed by atoms with Crippen LogP contribution in [-0.2, 0) is 17.8 Å². The number of hydrogen-bond acceptors (Lipinski definition) is 6. The van der Waals surface area contributed by atoms with Crippen molar-refractivity contribution < 1.29 is 14.3 Å². The molecule has 4 rings (SSSR count). The van der Waals surface area contributed by atoms with E-state index < -0.39 is 0 Å². The zero-order chi connectivity index (χ0) is 24.8. The van der Waals surface area contributed by atoms with E-state index in [1.165, 1.54) is 11.8 Å². The molecule has 4 aromatic rings. The summed E-state index contributed by atoms with van der Waals surface area (Å²) < 4.78 is 12.2. The fourth-order valence-corrected chi connectivity index (χ4v) is 4.66. The first-order valence-electron chi connectivity index (χ1n) is 11.3. The first-order valence-corrected chi connectivity index (χ1v) is 12.2. The summed E-state index contributed by atoms with van der Waals surface area (Å²) in [7, 11) is 3.15. The van der Waals surface area contributed by atoms with Crippen molar-refractivity contribution in [2.24, 2.45) is 0 Å². The third-order valence-electron chi connectivity index (χ3n) is 5.63. The number of aromatic nitrogens is 2. The SMILES string of the molecule is CCc1ccccc1-n1c(SCC(=O)NCc2ccc(OC)c(OC)c2)nc2ccccc2c1=O. The van der Waals surface area contributed by atoms with Gasteiger partial charge in [-0.25, -0.2) is 4.98 Å². The average Bonchev–Trinajstić information content (AvgIpc) is 2.90. The number of nitrogens with one attached hydrogen (secondary N) is 1. The van der Waals surface area contributed by atoms with E-state index in [0.717, 1.165) is 23.2 Å². The molecule has 1 aromatic heterocycles. The molecule has 35 heavy (non-hydrogen) atoms. The zero-order valence-corrected chi connectivity index (χ0v) is 20.7. The Kier molecular flexibility index (Phi) is 7.72. The Balaban J connectivity index is 1.57. The van der Waals surface area contributed by atoms with Gasteiger partial charge in [0.2, 0.25) is 5.91 Å². The van der Waals surface area contributed by atoms with Gasteiger partial charge in [-0.1, -0.05) is 55.1 Å². The summed E-state index contributed by atoms with van der Waals surface area (Å²) in [5, 5.41) is 3.94. The van der Waals surface area contributed by atoms with Gasteiger partial charge in [-0.15, -0.1) is 0 Å². The van der Waals surface area contributed by atoms with Crippen molar-refractivity contribution in [3.8, 4) is 17.2 Å². The lowest BCUT2D eigenvalue weighted by atomic mass is 10.1. The van der Waals surface area contributed by atoms with Crippen molar-refractivity contribution in [1.29, 1.82) is 0 Å². The van der Waals surface area contributed by atoms with Gasteiger partial charge < -0.3 is 14.8 Å². The van der Waals surface area contributed by atoms with Crippen LogP contribution in [0.2, 0.25) is 0 Å². The quantitative estimate of drug-likeness (QED) is 0.278. The highest BCUT2D eigenvalue weighted by molar-refractivity contribution is 7.99. The molecule has 0 atom stereocenters. The first kappa shape index (κ1) is 24.3. The van der Waals surface area contributed by atoms with Crippen LogP contribution in [0.25, 0.3) is 16.6 Å². The van der Waals surface area contributed by atoms with Crippen LogP contribution in [0.5, 0.6) is 11.5 Å². The molecule has 0 radical (unpaired) electrons.